The number of piperidine rings is 2. The van der Waals surface area contributed by atoms with Gasteiger partial charge in [-0.1, -0.05) is 97.1 Å². The summed E-state index contributed by atoms with van der Waals surface area (Å²) in [4.78, 5) is 5.20. The van der Waals surface area contributed by atoms with Crippen molar-refractivity contribution in [2.24, 2.45) is 0 Å². The molecule has 9 rings (SSSR count). The summed E-state index contributed by atoms with van der Waals surface area (Å²) in [6.45, 7) is 4.55. The van der Waals surface area contributed by atoms with Gasteiger partial charge in [-0.15, -0.1) is 0 Å². The van der Waals surface area contributed by atoms with Crippen molar-refractivity contribution < 1.29 is 0 Å². The van der Waals surface area contributed by atoms with Crippen molar-refractivity contribution >= 4 is 43.7 Å². The molecule has 0 unspecified atom stereocenters. The van der Waals surface area contributed by atoms with E-state index in [2.05, 4.69) is 143 Å². The van der Waals surface area contributed by atoms with Crippen molar-refractivity contribution in [2.75, 3.05) is 36.0 Å². The van der Waals surface area contributed by atoms with E-state index in [-0.39, 0.29) is 0 Å². The van der Waals surface area contributed by atoms with Crippen LogP contribution < -0.4 is 9.80 Å². The van der Waals surface area contributed by atoms with E-state index in [1.807, 2.05) is 0 Å². The van der Waals surface area contributed by atoms with Gasteiger partial charge in [-0.05, 0) is 141 Å². The summed E-state index contributed by atoms with van der Waals surface area (Å²) in [6, 6.07) is 50.5. The van der Waals surface area contributed by atoms with E-state index in [4.69, 9.17) is 0 Å². The van der Waals surface area contributed by atoms with Crippen LogP contribution in [-0.2, 0) is 0 Å². The van der Waals surface area contributed by atoms with E-state index in [1.165, 1.54) is 116 Å². The van der Waals surface area contributed by atoms with Gasteiger partial charge in [-0.2, -0.15) is 0 Å². The topological polar surface area (TPSA) is 6.48 Å². The predicted octanol–water partition coefficient (Wildman–Crippen LogP) is 12.1. The molecule has 0 bridgehead atoms. The summed E-state index contributed by atoms with van der Waals surface area (Å²) in [5.74, 6) is 0. The fourth-order valence-electron chi connectivity index (χ4n) is 8.35. The highest BCUT2D eigenvalue weighted by molar-refractivity contribution is 6.22. The Bertz CT molecular complexity index is 2260. The summed E-state index contributed by atoms with van der Waals surface area (Å²) in [6.07, 6.45) is 7.75. The van der Waals surface area contributed by atoms with Crippen LogP contribution in [0, 0.1) is 0 Å². The molecule has 0 saturated carbocycles. The first-order valence-corrected chi connectivity index (χ1v) is 18.0. The van der Waals surface area contributed by atoms with Crippen LogP contribution in [0.4, 0.5) is 11.4 Å². The molecule has 7 aromatic rings. The molecule has 0 aliphatic carbocycles. The van der Waals surface area contributed by atoms with Crippen molar-refractivity contribution in [1.82, 2.24) is 0 Å². The van der Waals surface area contributed by atoms with Gasteiger partial charge in [0.05, 0.1) is 0 Å². The lowest BCUT2D eigenvalue weighted by Gasteiger charge is -2.30. The van der Waals surface area contributed by atoms with Gasteiger partial charge in [0.15, 0.2) is 0 Å². The minimum absolute atomic E-state index is 1.14. The van der Waals surface area contributed by atoms with E-state index in [9.17, 15) is 0 Å². The molecule has 0 atom stereocenters. The average molecular weight is 623 g/mol. The first kappa shape index (κ1) is 29.1. The first-order valence-electron chi connectivity index (χ1n) is 18.0. The number of nitrogens with zero attached hydrogens (tertiary/aromatic N) is 2. The first-order chi connectivity index (χ1) is 23.8. The Morgan fingerprint density at radius 2 is 0.833 bits per heavy atom. The Balaban J connectivity index is 1.32. The molecule has 0 N–H and O–H groups in total. The quantitative estimate of drug-likeness (QED) is 0.176. The van der Waals surface area contributed by atoms with Gasteiger partial charge in [0.25, 0.3) is 0 Å². The zero-order chi connectivity index (χ0) is 31.9. The molecule has 2 heteroatoms. The van der Waals surface area contributed by atoms with Crippen LogP contribution in [0.5, 0.6) is 0 Å². The van der Waals surface area contributed by atoms with Crippen molar-refractivity contribution in [2.45, 2.75) is 38.5 Å². The molecule has 236 valence electrons. The fraction of sp³-hybridized carbons (Fsp3) is 0.217. The Labute approximate surface area is 284 Å². The van der Waals surface area contributed by atoms with E-state index < -0.39 is 0 Å². The molecular formula is C46H42N2. The minimum Gasteiger partial charge on any atom is -0.372 e. The highest BCUT2D eigenvalue weighted by Crippen LogP contribution is 2.46. The highest BCUT2D eigenvalue weighted by atomic mass is 15.1. The third-order valence-corrected chi connectivity index (χ3v) is 10.8. The SMILES string of the molecule is c1ccc(-c2c3ccc(N4CCCCC4)cc3c(-c3cccc(-c4ccc5ccccc5c4)c3)c3ccc(N4CCCCC4)cc23)cc1. The van der Waals surface area contributed by atoms with Crippen LogP contribution >= 0.6 is 0 Å². The van der Waals surface area contributed by atoms with Crippen molar-refractivity contribution in [3.63, 3.8) is 0 Å². The molecular weight excluding hydrogens is 581 g/mol. The lowest BCUT2D eigenvalue weighted by molar-refractivity contribution is 0.578. The lowest BCUT2D eigenvalue weighted by Crippen LogP contribution is -2.29. The third-order valence-electron chi connectivity index (χ3n) is 10.8. The zero-order valence-electron chi connectivity index (χ0n) is 27.7. The second-order valence-corrected chi connectivity index (χ2v) is 13.8. The molecule has 0 aromatic heterocycles. The fourth-order valence-corrected chi connectivity index (χ4v) is 8.35. The third kappa shape index (κ3) is 5.30. The molecule has 2 fully saturated rings. The Hall–Kier alpha value is -5.08. The molecule has 7 aromatic carbocycles. The van der Waals surface area contributed by atoms with Crippen LogP contribution in [0.1, 0.15) is 38.5 Å². The number of rotatable bonds is 5. The molecule has 0 amide bonds. The highest BCUT2D eigenvalue weighted by Gasteiger charge is 2.21. The average Bonchev–Trinajstić information content (AvgIpc) is 3.17. The number of hydrogen-bond acceptors (Lipinski definition) is 2. The number of hydrogen-bond donors (Lipinski definition) is 0. The van der Waals surface area contributed by atoms with Crippen molar-refractivity contribution in [3.8, 4) is 33.4 Å². The molecule has 2 aliphatic rings. The van der Waals surface area contributed by atoms with Gasteiger partial charge >= 0.3 is 0 Å². The van der Waals surface area contributed by atoms with Crippen LogP contribution in [-0.4, -0.2) is 26.2 Å². The molecule has 0 spiro atoms. The molecule has 2 nitrogen and oxygen atoms in total. The van der Waals surface area contributed by atoms with Gasteiger partial charge in [0.2, 0.25) is 0 Å². The standard InChI is InChI=1S/C46H42N2/c1-4-14-34(15-5-1)45-41-23-21-40(48-27-10-3-11-28-48)32-44(41)46(42-24-22-39(31-43(42)45)47-25-8-2-9-26-47)38-18-12-17-36(30-38)37-20-19-33-13-6-7-16-35(33)29-37/h1,4-7,12-24,29-32H,2-3,8-11,25-28H2. The van der Waals surface area contributed by atoms with Crippen molar-refractivity contribution in [3.05, 3.63) is 133 Å². The van der Waals surface area contributed by atoms with Crippen LogP contribution in [0.2, 0.25) is 0 Å². The van der Waals surface area contributed by atoms with E-state index in [0.29, 0.717) is 0 Å². The number of benzene rings is 7. The van der Waals surface area contributed by atoms with Crippen molar-refractivity contribution in [1.29, 1.82) is 0 Å². The van der Waals surface area contributed by atoms with E-state index in [1.54, 1.807) is 0 Å². The summed E-state index contributed by atoms with van der Waals surface area (Å²) in [7, 11) is 0. The Morgan fingerprint density at radius 1 is 0.312 bits per heavy atom. The lowest BCUT2D eigenvalue weighted by atomic mass is 9.84. The summed E-state index contributed by atoms with van der Waals surface area (Å²) in [5, 5.41) is 7.89. The van der Waals surface area contributed by atoms with Crippen LogP contribution in [0.25, 0.3) is 65.7 Å². The largest absolute Gasteiger partial charge is 0.372 e. The van der Waals surface area contributed by atoms with Crippen LogP contribution in [0.15, 0.2) is 133 Å². The predicted molar refractivity (Wildman–Crippen MR) is 207 cm³/mol. The van der Waals surface area contributed by atoms with Gasteiger partial charge in [-0.3, -0.25) is 0 Å². The second-order valence-electron chi connectivity index (χ2n) is 13.8. The molecule has 2 aliphatic heterocycles. The monoisotopic (exact) mass is 622 g/mol. The molecule has 2 saturated heterocycles. The summed E-state index contributed by atoms with van der Waals surface area (Å²) < 4.78 is 0. The number of fused-ring (bicyclic) bond motifs is 3. The maximum atomic E-state index is 2.60. The van der Waals surface area contributed by atoms with Crippen LogP contribution in [0.3, 0.4) is 0 Å². The number of anilines is 2. The molecule has 2 heterocycles. The Kier molecular flexibility index (Phi) is 7.58. The zero-order valence-corrected chi connectivity index (χ0v) is 27.7. The maximum absolute atomic E-state index is 2.60. The van der Waals surface area contributed by atoms with E-state index >= 15 is 0 Å². The summed E-state index contributed by atoms with van der Waals surface area (Å²) in [5.41, 5.74) is 10.4. The normalized spacial score (nSPS) is 15.4. The second kappa shape index (κ2) is 12.5. The minimum atomic E-state index is 1.14. The molecule has 0 radical (unpaired) electrons. The van der Waals surface area contributed by atoms with E-state index in [0.717, 1.165) is 26.2 Å². The molecule has 48 heavy (non-hydrogen) atoms. The van der Waals surface area contributed by atoms with Gasteiger partial charge in [-0.25, -0.2) is 0 Å². The smallest absolute Gasteiger partial charge is 0.0372 e. The van der Waals surface area contributed by atoms with Gasteiger partial charge in [0, 0.05) is 37.6 Å². The van der Waals surface area contributed by atoms with Gasteiger partial charge in [0.1, 0.15) is 0 Å². The van der Waals surface area contributed by atoms with Gasteiger partial charge < -0.3 is 9.80 Å². The Morgan fingerprint density at radius 3 is 1.48 bits per heavy atom. The summed E-state index contributed by atoms with van der Waals surface area (Å²) >= 11 is 0. The maximum Gasteiger partial charge on any atom is 0.0372 e.